The second-order valence-corrected chi connectivity index (χ2v) is 32.1. The Labute approximate surface area is 613 Å². The van der Waals surface area contributed by atoms with Gasteiger partial charge in [-0.25, -0.2) is 0 Å². The first-order valence-electron chi connectivity index (χ1n) is 38.0. The monoisotopic (exact) mass is 1500 g/mol. The van der Waals surface area contributed by atoms with E-state index in [0.29, 0.717) is 64.5 Å². The lowest BCUT2D eigenvalue weighted by Crippen LogP contribution is -2.65. The number of nitrogens with one attached hydrogen (secondary N) is 4. The number of carbonyl (C=O) groups excluding carboxylic acids is 12. The first-order valence-corrected chi connectivity index (χ1v) is 38.4. The van der Waals surface area contributed by atoms with Crippen LogP contribution in [-0.2, 0) is 57.5 Å². The molecule has 4 aliphatic heterocycles. The zero-order valence-electron chi connectivity index (χ0n) is 62.9. The van der Waals surface area contributed by atoms with Crippen molar-refractivity contribution in [1.29, 1.82) is 0 Å². The molecule has 3 unspecified atom stereocenters. The van der Waals surface area contributed by atoms with Gasteiger partial charge in [0.1, 0.15) is 59.9 Å². The fourth-order valence-corrected chi connectivity index (χ4v) is 17.2. The average Bonchev–Trinajstić information content (AvgIpc) is 1.80. The van der Waals surface area contributed by atoms with Crippen LogP contribution in [0, 0.1) is 41.4 Å². The van der Waals surface area contributed by atoms with E-state index >= 15 is 28.8 Å². The fraction of sp³-hybridized carbons (Fsp3) is 0.836. The number of alkyl halides is 7. The molecule has 4 saturated heterocycles. The number of hydrogen-bond donors (Lipinski definition) is 4. The van der Waals surface area contributed by atoms with E-state index in [0.717, 1.165) is 9.80 Å². The van der Waals surface area contributed by atoms with Crippen molar-refractivity contribution in [2.75, 3.05) is 68.0 Å². The smallest absolute Gasteiger partial charge is 0.343 e. The highest BCUT2D eigenvalue weighted by Crippen LogP contribution is 2.45. The second-order valence-electron chi connectivity index (χ2n) is 31.5. The number of nitrogens with zero attached hydrogens (tertiary/aromatic N) is 8. The summed E-state index contributed by atoms with van der Waals surface area (Å²) in [6.45, 7) is 12.4. The third kappa shape index (κ3) is 20.4. The molecule has 7 fully saturated rings. The predicted molar refractivity (Wildman–Crippen MR) is 375 cm³/mol. The number of fused-ring (bicyclic) bond motifs is 2. The van der Waals surface area contributed by atoms with Gasteiger partial charge in [0.2, 0.25) is 70.9 Å². The summed E-state index contributed by atoms with van der Waals surface area (Å²) < 4.78 is 84.1. The van der Waals surface area contributed by atoms with Crippen molar-refractivity contribution >= 4 is 82.5 Å². The van der Waals surface area contributed by atoms with E-state index in [1.54, 1.807) is 25.7 Å². The molecule has 24 nitrogen and oxygen atoms in total. The molecule has 3 saturated carbocycles. The lowest BCUT2D eigenvalue weighted by Gasteiger charge is -2.44. The van der Waals surface area contributed by atoms with E-state index in [1.165, 1.54) is 66.7 Å². The lowest BCUT2D eigenvalue weighted by molar-refractivity contribution is -0.184. The summed E-state index contributed by atoms with van der Waals surface area (Å²) in [7, 11) is 6.85. The Kier molecular flexibility index (Phi) is 29.7. The molecule has 0 radical (unpaired) electrons. The topological polar surface area (TPSA) is 279 Å². The number of halogens is 7. The zero-order chi connectivity index (χ0) is 77.2. The molecule has 1 spiro atoms. The van der Waals surface area contributed by atoms with E-state index in [4.69, 9.17) is 11.6 Å². The van der Waals surface area contributed by atoms with Gasteiger partial charge in [0, 0.05) is 66.8 Å². The van der Waals surface area contributed by atoms with E-state index in [9.17, 15) is 55.1 Å². The zero-order valence-corrected chi connectivity index (χ0v) is 63.7. The van der Waals surface area contributed by atoms with Crippen molar-refractivity contribution in [2.45, 2.75) is 280 Å². The maximum absolute atomic E-state index is 15.5. The number of rotatable bonds is 13. The number of amides is 12. The Bertz CT molecular complexity index is 3070. The molecule has 0 bridgehead atoms. The minimum Gasteiger partial charge on any atom is -0.343 e. The molecule has 4 N–H and O–H groups in total. The van der Waals surface area contributed by atoms with Gasteiger partial charge in [0.05, 0.1) is 24.8 Å². The van der Waals surface area contributed by atoms with Crippen LogP contribution >= 0.6 is 11.6 Å². The van der Waals surface area contributed by atoms with Crippen LogP contribution in [0.25, 0.3) is 0 Å². The highest BCUT2D eigenvalue weighted by molar-refractivity contribution is 6.21. The van der Waals surface area contributed by atoms with Crippen molar-refractivity contribution < 1.29 is 83.9 Å². The van der Waals surface area contributed by atoms with Crippen molar-refractivity contribution in [3.8, 4) is 0 Å². The number of likely N-dealkylation sites (tertiary alicyclic amines) is 1. The van der Waals surface area contributed by atoms with Crippen molar-refractivity contribution in [2.24, 2.45) is 41.4 Å². The third-order valence-corrected chi connectivity index (χ3v) is 24.4. The first kappa shape index (κ1) is 84.8. The van der Waals surface area contributed by atoms with E-state index in [1.807, 2.05) is 20.8 Å². The Balaban J connectivity index is 1.28. The van der Waals surface area contributed by atoms with Gasteiger partial charge in [-0.15, -0.1) is 11.6 Å². The van der Waals surface area contributed by atoms with Crippen molar-refractivity contribution in [3.05, 3.63) is 0 Å². The molecule has 12 amide bonds. The molecule has 588 valence electrons. The molecule has 14 atom stereocenters. The molecule has 104 heavy (non-hydrogen) atoms. The van der Waals surface area contributed by atoms with Crippen LogP contribution in [-0.4, -0.2) is 256 Å². The van der Waals surface area contributed by atoms with Crippen molar-refractivity contribution in [1.82, 2.24) is 60.5 Å². The Morgan fingerprint density at radius 3 is 1.76 bits per heavy atom. The number of likely N-dealkylation sites (N-methyl/N-ethyl adjacent to an activating group) is 5. The Morgan fingerprint density at radius 1 is 0.577 bits per heavy atom. The number of carbonyl (C=O) groups is 12. The molecular weight excluding hydrogens is 1390 g/mol. The van der Waals surface area contributed by atoms with Gasteiger partial charge in [-0.05, 0) is 159 Å². The van der Waals surface area contributed by atoms with Crippen LogP contribution in [0.5, 0.6) is 0 Å². The van der Waals surface area contributed by atoms with Gasteiger partial charge < -0.3 is 60.5 Å². The van der Waals surface area contributed by atoms with E-state index < -0.39 is 197 Å². The molecule has 31 heteroatoms. The Morgan fingerprint density at radius 2 is 1.19 bits per heavy atom. The van der Waals surface area contributed by atoms with Crippen LogP contribution in [0.1, 0.15) is 203 Å². The van der Waals surface area contributed by atoms with Crippen LogP contribution in [0.3, 0.4) is 0 Å². The van der Waals surface area contributed by atoms with Gasteiger partial charge in [-0.1, -0.05) is 67.2 Å². The minimum absolute atomic E-state index is 0.00447. The quantitative estimate of drug-likeness (QED) is 0.108. The fourth-order valence-electron chi connectivity index (χ4n) is 16.6. The van der Waals surface area contributed by atoms with Gasteiger partial charge in [-0.3, -0.25) is 57.5 Å². The largest absolute Gasteiger partial charge is 0.393 e. The second kappa shape index (κ2) is 36.4. The van der Waals surface area contributed by atoms with Crippen LogP contribution in [0.4, 0.5) is 26.3 Å². The summed E-state index contributed by atoms with van der Waals surface area (Å²) in [5.74, 6) is -13.9. The van der Waals surface area contributed by atoms with Gasteiger partial charge >= 0.3 is 12.4 Å². The molecule has 4 heterocycles. The van der Waals surface area contributed by atoms with Crippen molar-refractivity contribution in [3.63, 3.8) is 0 Å². The molecule has 0 aromatic carbocycles. The highest BCUT2D eigenvalue weighted by atomic mass is 35.5. The third-order valence-electron chi connectivity index (χ3n) is 23.9. The summed E-state index contributed by atoms with van der Waals surface area (Å²) in [6.07, 6.45) is -6.08. The molecule has 0 aromatic heterocycles. The van der Waals surface area contributed by atoms with Gasteiger partial charge in [-0.2, -0.15) is 26.3 Å². The van der Waals surface area contributed by atoms with Gasteiger partial charge in [0.25, 0.3) is 0 Å². The van der Waals surface area contributed by atoms with E-state index in [-0.39, 0.29) is 115 Å². The summed E-state index contributed by atoms with van der Waals surface area (Å²) in [5, 5.41) is 10.1. The summed E-state index contributed by atoms with van der Waals surface area (Å²) in [6, 6.07) is -11.8. The van der Waals surface area contributed by atoms with Crippen LogP contribution < -0.4 is 21.3 Å². The highest BCUT2D eigenvalue weighted by Gasteiger charge is 2.53. The molecular formula is C73H115ClF6N12O12. The molecule has 3 aliphatic carbocycles. The SMILES string of the molecule is CC[C@H](C)[C@@H]1NC(=O)[C@H](CCC(C)C)N(C)C(=O)C[C@@H](C(=O)N2CCCC2)N(C)C(=O)[C@H]([C@@H](C)CC)N(C)C(=O)C2(CCCC2)NC(=O)[C@@H]2CCCN2C(=O)[C@H](CCC2CCC(C(F)(F)F)C(Cl)C2)NC(=O)CN(C)C(=O)[C@H](CC2CCC(C(F)(F)F)CC2)N(C)C(=O)[C@@H]2CCN2C(=O)[C@H](C)NC1=O. The number of hydrogen-bond acceptors (Lipinski definition) is 12. The van der Waals surface area contributed by atoms with Crippen LogP contribution in [0.15, 0.2) is 0 Å². The molecule has 7 aliphatic rings. The van der Waals surface area contributed by atoms with Gasteiger partial charge in [0.15, 0.2) is 0 Å². The maximum Gasteiger partial charge on any atom is 0.393 e. The summed E-state index contributed by atoms with van der Waals surface area (Å²) in [4.78, 5) is 190. The summed E-state index contributed by atoms with van der Waals surface area (Å²) >= 11 is 6.39. The van der Waals surface area contributed by atoms with E-state index in [2.05, 4.69) is 21.3 Å². The summed E-state index contributed by atoms with van der Waals surface area (Å²) in [5.41, 5.74) is -1.61. The Hall–Kier alpha value is -6.49. The normalized spacial score (nSPS) is 31.7. The average molecular weight is 1500 g/mol. The van der Waals surface area contributed by atoms with Crippen LogP contribution in [0.2, 0.25) is 0 Å². The molecule has 7 rings (SSSR count). The standard InChI is InChI=1S/C73H115ClF6N12O12/c1-13-43(5)59-63(97)81-45(7)64(98)92-37-31-54(92)67(101)87(10)55(39-47-22-26-48(27-23-47)72(75,76)77)66(100)85(8)41-57(93)82-51(29-25-46-24-28-49(50(74)38-46)73(78,79)80)65(99)91-36-19-20-53(91)62(96)84-71(32-15-16-33-71)70(104)89(12)60(44(6)14-2)69(103)88(11)56(68(102)90-34-17-18-35-90)40-58(94)86(9)52(61(95)83-59)30-21-42(3)4/h42-56,59-60H,13-41H2,1-12H3,(H,81,97)(H,82,93)(H,83,95)(H,84,96)/t43-,44-,45-,46?,47?,48?,49?,50?,51-,52-,53-,54-,55-,56-,59-,60-/m0/s1. The maximum atomic E-state index is 15.5. The predicted octanol–water partition coefficient (Wildman–Crippen LogP) is 6.93. The first-order chi connectivity index (χ1) is 48.8. The lowest BCUT2D eigenvalue weighted by atomic mass is 9.78. The molecule has 0 aromatic rings. The minimum atomic E-state index is -4.55.